The van der Waals surface area contributed by atoms with Gasteiger partial charge in [-0.25, -0.2) is 4.79 Å². The number of hydrogen-bond acceptors (Lipinski definition) is 2. The van der Waals surface area contributed by atoms with Crippen molar-refractivity contribution in [3.8, 4) is 0 Å². The largest absolute Gasteiger partial charge is 0.481 e. The summed E-state index contributed by atoms with van der Waals surface area (Å²) in [5, 5.41) is 14.1. The van der Waals surface area contributed by atoms with E-state index >= 15 is 0 Å². The lowest BCUT2D eigenvalue weighted by molar-refractivity contribution is -0.137. The first-order valence-electron chi connectivity index (χ1n) is 5.55. The minimum absolute atomic E-state index is 0.0363. The first kappa shape index (κ1) is 14.7. The summed E-state index contributed by atoms with van der Waals surface area (Å²) in [6.45, 7) is 7.58. The maximum atomic E-state index is 11.5. The summed E-state index contributed by atoms with van der Waals surface area (Å²) in [4.78, 5) is 22.1. The Balaban J connectivity index is 4.17. The van der Waals surface area contributed by atoms with Gasteiger partial charge >= 0.3 is 12.0 Å². The van der Waals surface area contributed by atoms with Crippen molar-refractivity contribution < 1.29 is 14.7 Å². The molecule has 1 atom stereocenters. The average molecular weight is 230 g/mol. The Hall–Kier alpha value is -1.26. The summed E-state index contributed by atoms with van der Waals surface area (Å²) in [5.74, 6) is -0.894. The van der Waals surface area contributed by atoms with Crippen molar-refractivity contribution in [1.29, 1.82) is 0 Å². The molecule has 0 bridgehead atoms. The average Bonchev–Trinajstić information content (AvgIpc) is 1.98. The number of carboxylic acids is 1. The Morgan fingerprint density at radius 2 is 1.88 bits per heavy atom. The number of carboxylic acid groups (broad SMARTS) is 1. The summed E-state index contributed by atoms with van der Waals surface area (Å²) in [6, 6.07) is -0.614. The minimum atomic E-state index is -0.894. The van der Waals surface area contributed by atoms with Crippen LogP contribution in [0.5, 0.6) is 0 Å². The summed E-state index contributed by atoms with van der Waals surface area (Å²) in [5.41, 5.74) is -0.315. The Morgan fingerprint density at radius 3 is 2.25 bits per heavy atom. The third-order valence-corrected chi connectivity index (χ3v) is 1.88. The molecule has 3 N–H and O–H groups in total. The second-order valence-corrected chi connectivity index (χ2v) is 4.93. The van der Waals surface area contributed by atoms with Crippen LogP contribution in [0, 0.1) is 0 Å². The van der Waals surface area contributed by atoms with Gasteiger partial charge < -0.3 is 15.7 Å². The molecule has 0 saturated heterocycles. The van der Waals surface area contributed by atoms with Gasteiger partial charge in [-0.1, -0.05) is 13.3 Å². The molecule has 94 valence electrons. The predicted octanol–water partition coefficient (Wildman–Crippen LogP) is 1.73. The van der Waals surface area contributed by atoms with E-state index in [1.807, 2.05) is 27.7 Å². The molecule has 0 spiro atoms. The van der Waals surface area contributed by atoms with Gasteiger partial charge in [0.05, 0.1) is 6.42 Å². The molecule has 0 radical (unpaired) electrons. The van der Waals surface area contributed by atoms with Gasteiger partial charge in [0.15, 0.2) is 0 Å². The molecule has 1 unspecified atom stereocenters. The van der Waals surface area contributed by atoms with Crippen LogP contribution in [-0.4, -0.2) is 28.7 Å². The molecular weight excluding hydrogens is 208 g/mol. The highest BCUT2D eigenvalue weighted by Crippen LogP contribution is 2.03. The Bertz CT molecular complexity index is 246. The maximum Gasteiger partial charge on any atom is 0.315 e. The molecule has 0 aromatic heterocycles. The van der Waals surface area contributed by atoms with Gasteiger partial charge in [-0.2, -0.15) is 0 Å². The summed E-state index contributed by atoms with van der Waals surface area (Å²) < 4.78 is 0. The fraction of sp³-hybridized carbons (Fsp3) is 0.818. The lowest BCUT2D eigenvalue weighted by atomic mass is 10.1. The monoisotopic (exact) mass is 230 g/mol. The number of rotatable bonds is 5. The topological polar surface area (TPSA) is 78.4 Å². The summed E-state index contributed by atoms with van der Waals surface area (Å²) in [6.07, 6.45) is 1.48. The van der Waals surface area contributed by atoms with Crippen molar-refractivity contribution >= 4 is 12.0 Å². The second kappa shape index (κ2) is 6.35. The van der Waals surface area contributed by atoms with Crippen LogP contribution in [0.25, 0.3) is 0 Å². The molecule has 0 rings (SSSR count). The molecular formula is C11H22N2O3. The van der Waals surface area contributed by atoms with Crippen molar-refractivity contribution in [1.82, 2.24) is 10.6 Å². The van der Waals surface area contributed by atoms with Gasteiger partial charge in [-0.05, 0) is 27.2 Å². The van der Waals surface area contributed by atoms with E-state index in [2.05, 4.69) is 10.6 Å². The van der Waals surface area contributed by atoms with E-state index in [-0.39, 0.29) is 24.0 Å². The normalized spacial score (nSPS) is 13.0. The summed E-state index contributed by atoms with van der Waals surface area (Å²) in [7, 11) is 0. The predicted molar refractivity (Wildman–Crippen MR) is 62.4 cm³/mol. The Labute approximate surface area is 96.6 Å². The highest BCUT2D eigenvalue weighted by molar-refractivity contribution is 5.76. The molecule has 5 heteroatoms. The van der Waals surface area contributed by atoms with Crippen molar-refractivity contribution in [2.24, 2.45) is 0 Å². The van der Waals surface area contributed by atoms with Crippen LogP contribution in [0.2, 0.25) is 0 Å². The highest BCUT2D eigenvalue weighted by atomic mass is 16.4. The Morgan fingerprint density at radius 1 is 1.31 bits per heavy atom. The van der Waals surface area contributed by atoms with E-state index in [0.717, 1.165) is 6.42 Å². The van der Waals surface area contributed by atoms with E-state index < -0.39 is 5.97 Å². The van der Waals surface area contributed by atoms with E-state index in [4.69, 9.17) is 5.11 Å². The molecule has 0 aliphatic heterocycles. The third kappa shape index (κ3) is 8.08. The first-order chi connectivity index (χ1) is 7.24. The smallest absolute Gasteiger partial charge is 0.315 e. The molecule has 0 aliphatic carbocycles. The standard InChI is InChI=1S/C11H22N2O3/c1-5-6-8(7-9(14)15)12-10(16)13-11(2,3)4/h8H,5-7H2,1-4H3,(H,14,15)(H2,12,13,16). The van der Waals surface area contributed by atoms with Crippen molar-refractivity contribution in [3.05, 3.63) is 0 Å². The first-order valence-corrected chi connectivity index (χ1v) is 5.55. The van der Waals surface area contributed by atoms with E-state index in [1.165, 1.54) is 0 Å². The number of carbonyl (C=O) groups excluding carboxylic acids is 1. The van der Waals surface area contributed by atoms with Gasteiger partial charge in [0.2, 0.25) is 0 Å². The van der Waals surface area contributed by atoms with Crippen LogP contribution >= 0.6 is 0 Å². The van der Waals surface area contributed by atoms with Gasteiger partial charge in [-0.15, -0.1) is 0 Å². The molecule has 0 saturated carbocycles. The molecule has 0 aromatic rings. The quantitative estimate of drug-likeness (QED) is 0.673. The molecule has 16 heavy (non-hydrogen) atoms. The van der Waals surface area contributed by atoms with Crippen LogP contribution in [0.15, 0.2) is 0 Å². The zero-order chi connectivity index (χ0) is 12.8. The van der Waals surface area contributed by atoms with Crippen LogP contribution in [0.3, 0.4) is 0 Å². The van der Waals surface area contributed by atoms with Gasteiger partial charge in [0.1, 0.15) is 0 Å². The molecule has 0 fully saturated rings. The number of carbonyl (C=O) groups is 2. The van der Waals surface area contributed by atoms with Crippen molar-refractivity contribution in [3.63, 3.8) is 0 Å². The fourth-order valence-corrected chi connectivity index (χ4v) is 1.35. The SMILES string of the molecule is CCCC(CC(=O)O)NC(=O)NC(C)(C)C. The zero-order valence-electron chi connectivity index (χ0n) is 10.5. The third-order valence-electron chi connectivity index (χ3n) is 1.88. The number of aliphatic carboxylic acids is 1. The zero-order valence-corrected chi connectivity index (χ0v) is 10.5. The van der Waals surface area contributed by atoms with E-state index in [0.29, 0.717) is 6.42 Å². The van der Waals surface area contributed by atoms with Crippen LogP contribution in [0.4, 0.5) is 4.79 Å². The number of nitrogens with one attached hydrogen (secondary N) is 2. The van der Waals surface area contributed by atoms with Crippen LogP contribution in [-0.2, 0) is 4.79 Å². The van der Waals surface area contributed by atoms with Crippen molar-refractivity contribution in [2.45, 2.75) is 58.5 Å². The number of urea groups is 1. The highest BCUT2D eigenvalue weighted by Gasteiger charge is 2.18. The lowest BCUT2D eigenvalue weighted by Gasteiger charge is -2.23. The minimum Gasteiger partial charge on any atom is -0.481 e. The Kier molecular flexibility index (Phi) is 5.85. The number of hydrogen-bond donors (Lipinski definition) is 3. The van der Waals surface area contributed by atoms with Crippen molar-refractivity contribution in [2.75, 3.05) is 0 Å². The molecule has 2 amide bonds. The summed E-state index contributed by atoms with van der Waals surface area (Å²) >= 11 is 0. The van der Waals surface area contributed by atoms with Gasteiger partial charge in [0.25, 0.3) is 0 Å². The lowest BCUT2D eigenvalue weighted by Crippen LogP contribution is -2.49. The van der Waals surface area contributed by atoms with Gasteiger partial charge in [-0.3, -0.25) is 4.79 Å². The second-order valence-electron chi connectivity index (χ2n) is 4.93. The van der Waals surface area contributed by atoms with Gasteiger partial charge in [0, 0.05) is 11.6 Å². The van der Waals surface area contributed by atoms with Crippen LogP contribution < -0.4 is 10.6 Å². The molecule has 0 aromatic carbocycles. The molecule has 5 nitrogen and oxygen atoms in total. The van der Waals surface area contributed by atoms with Crippen LogP contribution in [0.1, 0.15) is 47.0 Å². The molecule has 0 heterocycles. The maximum absolute atomic E-state index is 11.5. The fourth-order valence-electron chi connectivity index (χ4n) is 1.35. The van der Waals surface area contributed by atoms with E-state index in [9.17, 15) is 9.59 Å². The van der Waals surface area contributed by atoms with E-state index in [1.54, 1.807) is 0 Å². The molecule has 0 aliphatic rings. The number of amides is 2.